The molecule has 5 aromatic carbocycles. The molecule has 162 valence electrons. The Kier molecular flexibility index (Phi) is 4.42. The van der Waals surface area contributed by atoms with Crippen LogP contribution in [0.25, 0.3) is 27.5 Å². The first kappa shape index (κ1) is 20.3. The molecule has 0 aliphatic carbocycles. The molecule has 0 saturated heterocycles. The summed E-state index contributed by atoms with van der Waals surface area (Å²) < 4.78 is 4.63. The van der Waals surface area contributed by atoms with Gasteiger partial charge in [-0.2, -0.15) is 0 Å². The lowest BCUT2D eigenvalue weighted by atomic mass is 9.63. The van der Waals surface area contributed by atoms with Gasteiger partial charge in [-0.1, -0.05) is 111 Å². The number of hydrogen-bond donors (Lipinski definition) is 0. The van der Waals surface area contributed by atoms with E-state index in [1.165, 1.54) is 49.7 Å². The van der Waals surface area contributed by atoms with Gasteiger partial charge in [0, 0.05) is 19.7 Å². The van der Waals surface area contributed by atoms with Gasteiger partial charge < -0.3 is 4.57 Å². The molecule has 0 amide bonds. The van der Waals surface area contributed by atoms with Crippen molar-refractivity contribution >= 4 is 53.7 Å². The fourth-order valence-electron chi connectivity index (χ4n) is 5.92. The number of nitrogens with zero attached hydrogens (tertiary/aromatic N) is 1. The van der Waals surface area contributed by atoms with Crippen LogP contribution in [-0.4, -0.2) is 4.57 Å². The summed E-state index contributed by atoms with van der Waals surface area (Å²) in [5, 5.41) is 2.50. The summed E-state index contributed by atoms with van der Waals surface area (Å²) in [6.45, 7) is 0. The minimum Gasteiger partial charge on any atom is -0.309 e. The van der Waals surface area contributed by atoms with Gasteiger partial charge in [-0.25, -0.2) is 0 Å². The van der Waals surface area contributed by atoms with E-state index >= 15 is 0 Å². The number of aromatic nitrogens is 1. The van der Waals surface area contributed by atoms with Crippen LogP contribution in [0.2, 0.25) is 0 Å². The lowest BCUT2D eigenvalue weighted by molar-refractivity contribution is 0.727. The minimum absolute atomic E-state index is 0.442. The third-order valence-corrected chi connectivity index (χ3v) is 8.11. The molecule has 1 nitrogen and oxygen atoms in total. The molecular weight excluding hydrogens is 546 g/mol. The second-order valence-corrected chi connectivity index (χ2v) is 10.7. The summed E-state index contributed by atoms with van der Waals surface area (Å²) in [5.74, 6) is 0. The first-order valence-electron chi connectivity index (χ1n) is 11.3. The number of benzene rings is 5. The summed E-state index contributed by atoms with van der Waals surface area (Å²) in [7, 11) is 0. The molecule has 1 aromatic heterocycles. The predicted molar refractivity (Wildman–Crippen MR) is 148 cm³/mol. The zero-order valence-electron chi connectivity index (χ0n) is 18.2. The van der Waals surface area contributed by atoms with Crippen molar-refractivity contribution in [1.82, 2.24) is 4.57 Å². The molecule has 3 heteroatoms. The zero-order chi connectivity index (χ0) is 22.9. The summed E-state index contributed by atoms with van der Waals surface area (Å²) in [6.07, 6.45) is 0. The Labute approximate surface area is 214 Å². The number of hydrogen-bond acceptors (Lipinski definition) is 0. The molecule has 0 unspecified atom stereocenters. The van der Waals surface area contributed by atoms with Crippen LogP contribution in [0.4, 0.5) is 0 Å². The lowest BCUT2D eigenvalue weighted by Crippen LogP contribution is -2.35. The molecule has 0 fully saturated rings. The molecule has 0 N–H and O–H groups in total. The minimum atomic E-state index is -0.442. The summed E-state index contributed by atoms with van der Waals surface area (Å²) in [6, 6.07) is 42.0. The summed E-state index contributed by atoms with van der Waals surface area (Å²) >= 11 is 7.59. The number of rotatable bonds is 2. The van der Waals surface area contributed by atoms with E-state index in [1.807, 2.05) is 0 Å². The molecule has 1 aliphatic heterocycles. The Morgan fingerprint density at radius 3 is 1.85 bits per heavy atom. The van der Waals surface area contributed by atoms with E-state index in [9.17, 15) is 0 Å². The maximum Gasteiger partial charge on any atom is 0.0742 e. The molecule has 0 bridgehead atoms. The van der Waals surface area contributed by atoms with E-state index in [2.05, 4.69) is 152 Å². The highest BCUT2D eigenvalue weighted by Gasteiger charge is 2.45. The van der Waals surface area contributed by atoms with E-state index < -0.39 is 5.41 Å². The van der Waals surface area contributed by atoms with Gasteiger partial charge in [0.1, 0.15) is 0 Å². The van der Waals surface area contributed by atoms with Crippen LogP contribution in [0.5, 0.6) is 0 Å². The predicted octanol–water partition coefficient (Wildman–Crippen LogP) is 9.00. The van der Waals surface area contributed by atoms with Gasteiger partial charge in [-0.3, -0.25) is 0 Å². The molecule has 0 atom stereocenters. The Balaban J connectivity index is 1.80. The van der Waals surface area contributed by atoms with E-state index in [0.29, 0.717) is 0 Å². The summed E-state index contributed by atoms with van der Waals surface area (Å²) in [5.41, 5.74) is 8.40. The quantitative estimate of drug-likeness (QED) is 0.197. The second kappa shape index (κ2) is 7.43. The van der Waals surface area contributed by atoms with Crippen LogP contribution in [0, 0.1) is 0 Å². The van der Waals surface area contributed by atoms with Crippen molar-refractivity contribution in [1.29, 1.82) is 0 Å². The van der Waals surface area contributed by atoms with Crippen molar-refractivity contribution in [3.05, 3.63) is 146 Å². The SMILES string of the molecule is Brc1ccc2c(c1)c1cc(Br)cc3c1n2-c1ccccc1C3(c1ccccc1)c1ccccc1. The van der Waals surface area contributed by atoms with Crippen molar-refractivity contribution in [2.75, 3.05) is 0 Å². The van der Waals surface area contributed by atoms with E-state index in [-0.39, 0.29) is 0 Å². The van der Waals surface area contributed by atoms with Gasteiger partial charge in [-0.15, -0.1) is 0 Å². The van der Waals surface area contributed by atoms with Crippen LogP contribution >= 0.6 is 31.9 Å². The molecular formula is C31H19Br2N. The Bertz CT molecular complexity index is 1680. The third kappa shape index (κ3) is 2.60. The van der Waals surface area contributed by atoms with Crippen molar-refractivity contribution in [3.63, 3.8) is 0 Å². The molecule has 2 heterocycles. The van der Waals surface area contributed by atoms with E-state index in [1.54, 1.807) is 0 Å². The van der Waals surface area contributed by atoms with Gasteiger partial charge in [0.05, 0.1) is 22.1 Å². The van der Waals surface area contributed by atoms with Gasteiger partial charge >= 0.3 is 0 Å². The molecule has 6 aromatic rings. The monoisotopic (exact) mass is 563 g/mol. The van der Waals surface area contributed by atoms with Gasteiger partial charge in [0.25, 0.3) is 0 Å². The second-order valence-electron chi connectivity index (χ2n) is 8.85. The topological polar surface area (TPSA) is 4.93 Å². The Morgan fingerprint density at radius 1 is 0.529 bits per heavy atom. The smallest absolute Gasteiger partial charge is 0.0742 e. The number of halogens is 2. The third-order valence-electron chi connectivity index (χ3n) is 7.15. The lowest BCUT2D eigenvalue weighted by Gasteiger charge is -2.41. The van der Waals surface area contributed by atoms with Crippen LogP contribution in [-0.2, 0) is 5.41 Å². The zero-order valence-corrected chi connectivity index (χ0v) is 21.3. The van der Waals surface area contributed by atoms with Crippen LogP contribution < -0.4 is 0 Å². The molecule has 0 spiro atoms. The molecule has 34 heavy (non-hydrogen) atoms. The van der Waals surface area contributed by atoms with E-state index in [4.69, 9.17) is 0 Å². The van der Waals surface area contributed by atoms with Gasteiger partial charge in [0.15, 0.2) is 0 Å². The van der Waals surface area contributed by atoms with Crippen molar-refractivity contribution in [3.8, 4) is 5.69 Å². The fourth-order valence-corrected chi connectivity index (χ4v) is 6.74. The van der Waals surface area contributed by atoms with Gasteiger partial charge in [0.2, 0.25) is 0 Å². The van der Waals surface area contributed by atoms with Crippen molar-refractivity contribution in [2.45, 2.75) is 5.41 Å². The first-order chi connectivity index (χ1) is 16.7. The highest BCUT2D eigenvalue weighted by molar-refractivity contribution is 9.10. The van der Waals surface area contributed by atoms with Crippen LogP contribution in [0.15, 0.2) is 124 Å². The van der Waals surface area contributed by atoms with Crippen molar-refractivity contribution in [2.24, 2.45) is 0 Å². The maximum atomic E-state index is 3.88. The summed E-state index contributed by atoms with van der Waals surface area (Å²) in [4.78, 5) is 0. The van der Waals surface area contributed by atoms with Crippen molar-refractivity contribution < 1.29 is 0 Å². The Hall–Kier alpha value is -3.14. The highest BCUT2D eigenvalue weighted by Crippen LogP contribution is 2.54. The standard InChI is InChI=1S/C31H19Br2N/c32-22-15-16-28-24(17-22)25-18-23(33)19-27-30(25)34(28)29-14-8-7-13-26(29)31(27,20-9-3-1-4-10-20)21-11-5-2-6-12-21/h1-19H. The average Bonchev–Trinajstić information content (AvgIpc) is 3.19. The number of fused-ring (bicyclic) bond motifs is 5. The number of para-hydroxylation sites is 1. The largest absolute Gasteiger partial charge is 0.309 e. The van der Waals surface area contributed by atoms with Crippen LogP contribution in [0.1, 0.15) is 22.3 Å². The molecule has 0 saturated carbocycles. The maximum absolute atomic E-state index is 3.88. The van der Waals surface area contributed by atoms with Crippen LogP contribution in [0.3, 0.4) is 0 Å². The fraction of sp³-hybridized carbons (Fsp3) is 0.0323. The molecule has 0 radical (unpaired) electrons. The Morgan fingerprint density at radius 2 is 1.15 bits per heavy atom. The van der Waals surface area contributed by atoms with E-state index in [0.717, 1.165) is 8.95 Å². The normalized spacial score (nSPS) is 13.8. The molecule has 7 rings (SSSR count). The molecule has 1 aliphatic rings. The van der Waals surface area contributed by atoms with Gasteiger partial charge in [-0.05, 0) is 58.7 Å². The first-order valence-corrected chi connectivity index (χ1v) is 12.9. The average molecular weight is 565 g/mol. The highest BCUT2D eigenvalue weighted by atomic mass is 79.9.